The molecule has 0 aliphatic heterocycles. The van der Waals surface area contributed by atoms with E-state index in [4.69, 9.17) is 0 Å². The van der Waals surface area contributed by atoms with Gasteiger partial charge in [-0.05, 0) is 42.9 Å². The Kier molecular flexibility index (Phi) is 11.8. The SMILES string of the molecule is CCCc1ccc(CNC2CCCCC2NCc2ccc(C)cc2)cc1.Cl.Cl. The second-order valence-electron chi connectivity index (χ2n) is 7.81. The third-order valence-corrected chi connectivity index (χ3v) is 5.58. The van der Waals surface area contributed by atoms with Crippen LogP contribution in [0, 0.1) is 6.92 Å². The van der Waals surface area contributed by atoms with Gasteiger partial charge in [0.2, 0.25) is 0 Å². The van der Waals surface area contributed by atoms with Crippen molar-refractivity contribution in [3.8, 4) is 0 Å². The molecule has 2 nitrogen and oxygen atoms in total. The fourth-order valence-electron chi connectivity index (χ4n) is 3.94. The van der Waals surface area contributed by atoms with E-state index >= 15 is 0 Å². The van der Waals surface area contributed by atoms with Gasteiger partial charge in [0, 0.05) is 25.2 Å². The van der Waals surface area contributed by atoms with Gasteiger partial charge in [0.25, 0.3) is 0 Å². The fraction of sp³-hybridized carbons (Fsp3) is 0.500. The van der Waals surface area contributed by atoms with E-state index in [-0.39, 0.29) is 24.8 Å². The van der Waals surface area contributed by atoms with E-state index in [1.807, 2.05) is 0 Å². The fourth-order valence-corrected chi connectivity index (χ4v) is 3.94. The molecule has 28 heavy (non-hydrogen) atoms. The second-order valence-corrected chi connectivity index (χ2v) is 7.81. The summed E-state index contributed by atoms with van der Waals surface area (Å²) in [6, 6.07) is 19.2. The lowest BCUT2D eigenvalue weighted by Crippen LogP contribution is -2.49. The quantitative estimate of drug-likeness (QED) is 0.546. The van der Waals surface area contributed by atoms with E-state index in [0.29, 0.717) is 12.1 Å². The lowest BCUT2D eigenvalue weighted by atomic mass is 9.90. The van der Waals surface area contributed by atoms with Crippen molar-refractivity contribution in [1.82, 2.24) is 10.6 Å². The van der Waals surface area contributed by atoms with Crippen LogP contribution in [-0.2, 0) is 19.5 Å². The molecule has 0 bridgehead atoms. The van der Waals surface area contributed by atoms with Crippen LogP contribution < -0.4 is 10.6 Å². The minimum Gasteiger partial charge on any atom is -0.308 e. The van der Waals surface area contributed by atoms with Crippen molar-refractivity contribution < 1.29 is 0 Å². The number of halogens is 2. The molecule has 1 saturated carbocycles. The van der Waals surface area contributed by atoms with Crippen LogP contribution in [0.5, 0.6) is 0 Å². The lowest BCUT2D eigenvalue weighted by molar-refractivity contribution is 0.281. The van der Waals surface area contributed by atoms with Gasteiger partial charge in [0.05, 0.1) is 0 Å². The van der Waals surface area contributed by atoms with E-state index in [0.717, 1.165) is 13.1 Å². The molecule has 1 aliphatic rings. The van der Waals surface area contributed by atoms with E-state index in [2.05, 4.69) is 73.0 Å². The van der Waals surface area contributed by atoms with Crippen molar-refractivity contribution in [3.05, 3.63) is 70.8 Å². The van der Waals surface area contributed by atoms with Crippen LogP contribution in [0.4, 0.5) is 0 Å². The molecule has 2 N–H and O–H groups in total. The Hall–Kier alpha value is -1.06. The minimum atomic E-state index is 0. The highest BCUT2D eigenvalue weighted by Crippen LogP contribution is 2.20. The molecule has 0 spiro atoms. The van der Waals surface area contributed by atoms with Crippen molar-refractivity contribution in [2.24, 2.45) is 0 Å². The summed E-state index contributed by atoms with van der Waals surface area (Å²) in [4.78, 5) is 0. The summed E-state index contributed by atoms with van der Waals surface area (Å²) in [6.07, 6.45) is 7.64. The van der Waals surface area contributed by atoms with E-state index < -0.39 is 0 Å². The van der Waals surface area contributed by atoms with Gasteiger partial charge in [0.15, 0.2) is 0 Å². The summed E-state index contributed by atoms with van der Waals surface area (Å²) in [6.45, 7) is 6.32. The molecule has 156 valence electrons. The predicted octanol–water partition coefficient (Wildman–Crippen LogP) is 5.98. The standard InChI is InChI=1S/C24H34N2.2ClH/c1-3-6-20-13-15-22(16-14-20)18-26-24-8-5-4-7-23(24)25-17-21-11-9-19(2)10-12-21;;/h9-16,23-26H,3-8,17-18H2,1-2H3;2*1H. The molecule has 1 aliphatic carbocycles. The molecular weight excluding hydrogens is 387 g/mol. The maximum atomic E-state index is 3.82. The highest BCUT2D eigenvalue weighted by Gasteiger charge is 2.24. The maximum absolute atomic E-state index is 3.82. The summed E-state index contributed by atoms with van der Waals surface area (Å²) in [5.41, 5.74) is 5.56. The zero-order chi connectivity index (χ0) is 18.2. The Morgan fingerprint density at radius 3 is 1.61 bits per heavy atom. The Balaban J connectivity index is 0.00000196. The number of aryl methyl sites for hydroxylation is 2. The van der Waals surface area contributed by atoms with Crippen molar-refractivity contribution in [2.45, 2.75) is 77.5 Å². The number of hydrogen-bond donors (Lipinski definition) is 2. The molecule has 0 saturated heterocycles. The smallest absolute Gasteiger partial charge is 0.0224 e. The zero-order valence-corrected chi connectivity index (χ0v) is 18.9. The van der Waals surface area contributed by atoms with Crippen LogP contribution in [0.15, 0.2) is 48.5 Å². The molecular formula is C24H36Cl2N2. The van der Waals surface area contributed by atoms with Crippen LogP contribution in [0.2, 0.25) is 0 Å². The molecule has 0 radical (unpaired) electrons. The normalized spacial score (nSPS) is 18.8. The molecule has 2 aromatic rings. The number of benzene rings is 2. The average Bonchev–Trinajstić information content (AvgIpc) is 2.68. The van der Waals surface area contributed by atoms with Crippen molar-refractivity contribution >= 4 is 24.8 Å². The van der Waals surface area contributed by atoms with Crippen LogP contribution in [-0.4, -0.2) is 12.1 Å². The van der Waals surface area contributed by atoms with E-state index in [1.165, 1.54) is 60.8 Å². The Morgan fingerprint density at radius 2 is 1.14 bits per heavy atom. The molecule has 2 atom stereocenters. The molecule has 2 unspecified atom stereocenters. The number of hydrogen-bond acceptors (Lipinski definition) is 2. The topological polar surface area (TPSA) is 24.1 Å². The van der Waals surface area contributed by atoms with Crippen molar-refractivity contribution in [3.63, 3.8) is 0 Å². The van der Waals surface area contributed by atoms with Gasteiger partial charge in [0.1, 0.15) is 0 Å². The monoisotopic (exact) mass is 422 g/mol. The Bertz CT molecular complexity index is 655. The van der Waals surface area contributed by atoms with Crippen molar-refractivity contribution in [1.29, 1.82) is 0 Å². The summed E-state index contributed by atoms with van der Waals surface area (Å²) in [5.74, 6) is 0. The third kappa shape index (κ3) is 7.75. The largest absolute Gasteiger partial charge is 0.308 e. The van der Waals surface area contributed by atoms with Crippen LogP contribution in [0.3, 0.4) is 0 Å². The molecule has 1 fully saturated rings. The molecule has 3 rings (SSSR count). The first-order valence-electron chi connectivity index (χ1n) is 10.3. The average molecular weight is 423 g/mol. The summed E-state index contributed by atoms with van der Waals surface area (Å²) < 4.78 is 0. The van der Waals surface area contributed by atoms with Gasteiger partial charge in [-0.3, -0.25) is 0 Å². The number of nitrogens with one attached hydrogen (secondary N) is 2. The van der Waals surface area contributed by atoms with Crippen molar-refractivity contribution in [2.75, 3.05) is 0 Å². The van der Waals surface area contributed by atoms with Gasteiger partial charge >= 0.3 is 0 Å². The minimum absolute atomic E-state index is 0. The van der Waals surface area contributed by atoms with E-state index in [9.17, 15) is 0 Å². The molecule has 2 aromatic carbocycles. The van der Waals surface area contributed by atoms with Gasteiger partial charge in [-0.25, -0.2) is 0 Å². The van der Waals surface area contributed by atoms with Crippen LogP contribution in [0.25, 0.3) is 0 Å². The van der Waals surface area contributed by atoms with Gasteiger partial charge in [-0.15, -0.1) is 24.8 Å². The van der Waals surface area contributed by atoms with Gasteiger partial charge in [-0.1, -0.05) is 80.3 Å². The first-order valence-corrected chi connectivity index (χ1v) is 10.3. The predicted molar refractivity (Wildman–Crippen MR) is 126 cm³/mol. The van der Waals surface area contributed by atoms with Gasteiger partial charge < -0.3 is 10.6 Å². The summed E-state index contributed by atoms with van der Waals surface area (Å²) in [7, 11) is 0. The first-order chi connectivity index (χ1) is 12.7. The Morgan fingerprint density at radius 1 is 0.714 bits per heavy atom. The molecule has 0 heterocycles. The molecule has 4 heteroatoms. The maximum Gasteiger partial charge on any atom is 0.0224 e. The first kappa shape index (κ1) is 25.0. The Labute approximate surface area is 183 Å². The van der Waals surface area contributed by atoms with Gasteiger partial charge in [-0.2, -0.15) is 0 Å². The number of rotatable bonds is 8. The summed E-state index contributed by atoms with van der Waals surface area (Å²) >= 11 is 0. The molecule has 0 aromatic heterocycles. The lowest BCUT2D eigenvalue weighted by Gasteiger charge is -2.33. The highest BCUT2D eigenvalue weighted by molar-refractivity contribution is 5.85. The highest BCUT2D eigenvalue weighted by atomic mass is 35.5. The van der Waals surface area contributed by atoms with Crippen LogP contribution >= 0.6 is 24.8 Å². The third-order valence-electron chi connectivity index (χ3n) is 5.58. The van der Waals surface area contributed by atoms with Crippen LogP contribution in [0.1, 0.15) is 61.3 Å². The molecule has 0 amide bonds. The summed E-state index contributed by atoms with van der Waals surface area (Å²) in [5, 5.41) is 7.63. The second kappa shape index (κ2) is 13.2. The van der Waals surface area contributed by atoms with E-state index in [1.54, 1.807) is 0 Å². The zero-order valence-electron chi connectivity index (χ0n) is 17.2.